The molecule has 0 unspecified atom stereocenters. The molecular formula is C61H71ClF4N14O12S3. The zero-order chi connectivity index (χ0) is 69.4. The molecule has 1 aliphatic rings. The van der Waals surface area contributed by atoms with Gasteiger partial charge in [0.15, 0.2) is 10.3 Å². The Morgan fingerprint density at radius 2 is 1.12 bits per heavy atom. The zero-order valence-corrected chi connectivity index (χ0v) is 56.2. The maximum absolute atomic E-state index is 13.9. The second-order valence-electron chi connectivity index (χ2n) is 20.8. The van der Waals surface area contributed by atoms with Crippen LogP contribution in [0.1, 0.15) is 70.6 Å². The number of amides is 2. The van der Waals surface area contributed by atoms with Crippen LogP contribution in [0.3, 0.4) is 0 Å². The number of anilines is 6. The lowest BCUT2D eigenvalue weighted by Gasteiger charge is -2.34. The molecule has 1 fully saturated rings. The van der Waals surface area contributed by atoms with Crippen LogP contribution in [0.2, 0.25) is 0 Å². The van der Waals surface area contributed by atoms with Crippen LogP contribution in [0.4, 0.5) is 56.8 Å². The van der Waals surface area contributed by atoms with E-state index in [9.17, 15) is 41.5 Å². The number of likely N-dealkylation sites (N-methyl/N-ethyl adjacent to an activating group) is 3. The van der Waals surface area contributed by atoms with Crippen molar-refractivity contribution >= 4 is 103 Å². The molecule has 2 atom stereocenters. The molecule has 9 rings (SSSR count). The standard InChI is InChI=1S/C22H23F2N5O2S.C17H11F2N3O3S.C10H17N4O3.C7H8O3S.C5H12N2O.ClH/c1-12(11-29(2)3)26-21(31)13-7-9-14(10-8-13)27-22-28-20(25)19(32-22)18(30)17-15(23)5-4-6-16(17)24;18-10-2-1-3-11(19)12(10)13(23)14-15(20)22-17(26-14)21-9-6-4-8(5-7-9)16(24)25;1-14(4-6-17-7-5-14)8-11-9(15-2)13-10(12-8)16-3;1-6-2-4-7(5-3-6)11-10-9-8;1-4(6)5(8)7(2)3;/h4-10,12H,11,25H2,1-3H3,(H,26,31)(H,27,28);1-7H,20H2,(H,21,22)(H,24,25);4-7H2,1-3H3;2-5,8H,1H3;4H,6H2,1-3H3;1H/q;;+1;;;/p-1/t12-;;;;4-;/m1...1./s1. The van der Waals surface area contributed by atoms with Crippen LogP contribution in [0.5, 0.6) is 12.0 Å². The number of nitrogens with two attached hydrogens (primary N) is 3. The molecule has 5 aromatic carbocycles. The number of methoxy groups -OCH3 is 2. The Balaban J connectivity index is 0.000000272. The second-order valence-corrected chi connectivity index (χ2v) is 23.6. The number of ketones is 2. The van der Waals surface area contributed by atoms with E-state index in [4.69, 9.17) is 41.8 Å². The highest BCUT2D eigenvalue weighted by Crippen LogP contribution is 2.33. The van der Waals surface area contributed by atoms with E-state index in [0.717, 1.165) is 83.0 Å². The number of aryl methyl sites for hydroxylation is 1. The first kappa shape index (κ1) is 78.4. The number of carbonyl (C=O) groups is 5. The Bertz CT molecular complexity index is 3760. The van der Waals surface area contributed by atoms with Crippen molar-refractivity contribution in [2.75, 3.05) is 104 Å². The molecule has 0 aliphatic carbocycles. The van der Waals surface area contributed by atoms with Crippen molar-refractivity contribution in [2.24, 2.45) is 5.73 Å². The molecule has 8 aromatic rings. The molecule has 0 saturated carbocycles. The monoisotopic (exact) mass is 1400 g/mol. The summed E-state index contributed by atoms with van der Waals surface area (Å²) in [5, 5.41) is 29.4. The Morgan fingerprint density at radius 1 is 0.684 bits per heavy atom. The first-order chi connectivity index (χ1) is 44.6. The molecule has 11 N–H and O–H groups in total. The van der Waals surface area contributed by atoms with Crippen LogP contribution in [0, 0.1) is 30.2 Å². The van der Waals surface area contributed by atoms with Crippen LogP contribution < -0.4 is 59.5 Å². The van der Waals surface area contributed by atoms with Gasteiger partial charge in [0.2, 0.25) is 17.5 Å². The van der Waals surface area contributed by atoms with E-state index in [2.05, 4.69) is 57.3 Å². The molecule has 0 spiro atoms. The number of nitrogens with zero attached hydrogens (tertiary/aromatic N) is 8. The summed E-state index contributed by atoms with van der Waals surface area (Å²) >= 11 is 2.68. The molecule has 0 radical (unpaired) electrons. The van der Waals surface area contributed by atoms with Gasteiger partial charge in [-0.15, -0.1) is 19.3 Å². The molecule has 34 heteroatoms. The summed E-state index contributed by atoms with van der Waals surface area (Å²) in [6, 6.07) is 26.6. The SMILES string of the molecule is COc1nc(OC)nc([N+]2(C)CCOCC2)n1.C[C@@H](N)C(=O)N(C)C.C[C@H](CN(C)C)NC(=O)c1ccc(Nc2nc(N)c(C(=O)c3c(F)cccc3F)s2)cc1.Cc1ccc(SOOO)cc1.Nc1nc(Nc2ccc(C(=O)O)cc2)sc1C(=O)c1c(F)cccc1F.[Cl-]. The summed E-state index contributed by atoms with van der Waals surface area (Å²) in [5.41, 5.74) is 18.3. The highest BCUT2D eigenvalue weighted by molar-refractivity contribution is 7.94. The highest BCUT2D eigenvalue weighted by atomic mass is 35.5. The fourth-order valence-corrected chi connectivity index (χ4v) is 10.1. The zero-order valence-electron chi connectivity index (χ0n) is 53.0. The maximum Gasteiger partial charge on any atom is 0.338 e. The average Bonchev–Trinajstić information content (AvgIpc) is 1.81. The number of morpholine rings is 1. The average molecular weight is 1400 g/mol. The lowest BCUT2D eigenvalue weighted by Crippen LogP contribution is -3.00. The predicted molar refractivity (Wildman–Crippen MR) is 350 cm³/mol. The molecule has 1 saturated heterocycles. The quantitative estimate of drug-likeness (QED) is 0.0108. The van der Waals surface area contributed by atoms with Crippen LogP contribution in [-0.2, 0) is 18.9 Å². The molecular weight excluding hydrogens is 1330 g/mol. The number of carboxylic acids is 1. The van der Waals surface area contributed by atoms with Gasteiger partial charge in [0.1, 0.15) is 57.7 Å². The minimum absolute atomic E-state index is 0. The van der Waals surface area contributed by atoms with Gasteiger partial charge < -0.3 is 74.7 Å². The summed E-state index contributed by atoms with van der Waals surface area (Å²) in [5.74, 6) is -6.60. The summed E-state index contributed by atoms with van der Waals surface area (Å²) in [7, 11) is 12.4. The Kier molecular flexibility index (Phi) is 31.2. The fraction of sp³-hybridized carbons (Fsp3) is 0.279. The van der Waals surface area contributed by atoms with Crippen LogP contribution in [-0.4, -0.2) is 169 Å². The summed E-state index contributed by atoms with van der Waals surface area (Å²) in [6.45, 7) is 9.37. The number of halogens is 5. The number of quaternary nitrogens is 1. The number of ether oxygens (including phenoxy) is 3. The Morgan fingerprint density at radius 3 is 1.48 bits per heavy atom. The number of hydrogen-bond donors (Lipinski definition) is 8. The van der Waals surface area contributed by atoms with Gasteiger partial charge in [0, 0.05) is 48.5 Å². The largest absolute Gasteiger partial charge is 1.00 e. The van der Waals surface area contributed by atoms with E-state index in [1.165, 1.54) is 55.0 Å². The van der Waals surface area contributed by atoms with Crippen LogP contribution in [0.15, 0.2) is 114 Å². The van der Waals surface area contributed by atoms with Gasteiger partial charge in [-0.1, -0.05) is 57.5 Å². The topological polar surface area (TPSA) is 357 Å². The normalized spacial score (nSPS) is 12.5. The van der Waals surface area contributed by atoms with Gasteiger partial charge in [0.05, 0.1) is 69.3 Å². The van der Waals surface area contributed by atoms with E-state index in [1.807, 2.05) is 57.1 Å². The number of rotatable bonds is 20. The number of aromatic carboxylic acids is 1. The predicted octanol–water partition coefficient (Wildman–Crippen LogP) is 6.04. The van der Waals surface area contributed by atoms with Crippen molar-refractivity contribution in [1.82, 2.24) is 44.5 Å². The van der Waals surface area contributed by atoms with Crippen molar-refractivity contribution < 1.29 is 87.9 Å². The summed E-state index contributed by atoms with van der Waals surface area (Å²) < 4.78 is 75.8. The molecule has 95 heavy (non-hydrogen) atoms. The molecule has 1 aliphatic heterocycles. The van der Waals surface area contributed by atoms with Crippen molar-refractivity contribution in [3.05, 3.63) is 170 Å². The lowest BCUT2D eigenvalue weighted by molar-refractivity contribution is -0.432. The van der Waals surface area contributed by atoms with E-state index in [-0.39, 0.29) is 85.5 Å². The minimum atomic E-state index is -1.06. The fourth-order valence-electron chi connectivity index (χ4n) is 8.05. The van der Waals surface area contributed by atoms with Gasteiger partial charge >= 0.3 is 23.9 Å². The van der Waals surface area contributed by atoms with Gasteiger partial charge in [-0.3, -0.25) is 23.7 Å². The number of carboxylic acid groups (broad SMARTS) is 1. The first-order valence-corrected chi connectivity index (χ1v) is 30.3. The number of carbonyl (C=O) groups excluding carboxylic acids is 4. The van der Waals surface area contributed by atoms with Gasteiger partial charge in [0.25, 0.3) is 5.91 Å². The minimum Gasteiger partial charge on any atom is -1.00 e. The number of nitrogen functional groups attached to an aromatic ring is 2. The third kappa shape index (κ3) is 23.8. The molecule has 4 heterocycles. The molecule has 3 aromatic heterocycles. The number of thiazole rings is 2. The van der Waals surface area contributed by atoms with Gasteiger partial charge in [-0.25, -0.2) is 37.6 Å². The van der Waals surface area contributed by atoms with Crippen molar-refractivity contribution in [1.29, 1.82) is 0 Å². The molecule has 0 bridgehead atoms. The number of benzene rings is 5. The summed E-state index contributed by atoms with van der Waals surface area (Å²) in [4.78, 5) is 83.6. The third-order valence-corrected chi connectivity index (χ3v) is 15.4. The van der Waals surface area contributed by atoms with Gasteiger partial charge in [-0.05, 0) is 120 Å². The second kappa shape index (κ2) is 37.8. The van der Waals surface area contributed by atoms with Crippen molar-refractivity contribution in [3.8, 4) is 12.0 Å². The lowest BCUT2D eigenvalue weighted by atomic mass is 10.1. The number of nitrogens with one attached hydrogen (secondary N) is 3. The van der Waals surface area contributed by atoms with Gasteiger partial charge in [-0.2, -0.15) is 0 Å². The first-order valence-electron chi connectivity index (χ1n) is 28.0. The Hall–Kier alpha value is -9.00. The van der Waals surface area contributed by atoms with Crippen molar-refractivity contribution in [3.63, 3.8) is 0 Å². The number of hydrogen-bond acceptors (Lipinski definition) is 25. The van der Waals surface area contributed by atoms with Crippen LogP contribution in [0.25, 0.3) is 0 Å². The Labute approximate surface area is 562 Å². The molecule has 26 nitrogen and oxygen atoms in total. The highest BCUT2D eigenvalue weighted by Gasteiger charge is 2.33. The van der Waals surface area contributed by atoms with Crippen LogP contribution >= 0.6 is 34.7 Å². The van der Waals surface area contributed by atoms with E-state index in [1.54, 1.807) is 45.3 Å². The van der Waals surface area contributed by atoms with E-state index < -0.39 is 51.9 Å². The van der Waals surface area contributed by atoms with E-state index >= 15 is 0 Å². The maximum atomic E-state index is 13.9. The number of aromatic nitrogens is 5. The molecule has 510 valence electrons. The molecule has 2 amide bonds. The summed E-state index contributed by atoms with van der Waals surface area (Å²) in [6.07, 6.45) is 0. The third-order valence-electron chi connectivity index (χ3n) is 12.8. The smallest absolute Gasteiger partial charge is 0.338 e. The van der Waals surface area contributed by atoms with E-state index in [0.29, 0.717) is 47.1 Å². The van der Waals surface area contributed by atoms with Crippen molar-refractivity contribution in [2.45, 2.75) is 37.8 Å².